The van der Waals surface area contributed by atoms with Crippen molar-refractivity contribution in [2.75, 3.05) is 78.9 Å². The Hall–Kier alpha value is -5.42. The maximum absolute atomic E-state index is 12.3. The molecule has 4 aliphatic rings. The van der Waals surface area contributed by atoms with Gasteiger partial charge in [-0.1, -0.05) is 18.2 Å². The van der Waals surface area contributed by atoms with E-state index in [0.29, 0.717) is 24.8 Å². The predicted octanol–water partition coefficient (Wildman–Crippen LogP) is 6.06. The minimum Gasteiger partial charge on any atom is -0.387 e. The van der Waals surface area contributed by atoms with Crippen LogP contribution in [0.25, 0.3) is 16.5 Å². The van der Waals surface area contributed by atoms with Crippen LogP contribution in [0.4, 0.5) is 33.5 Å². The number of carbonyl (C=O) groups is 2. The summed E-state index contributed by atoms with van der Waals surface area (Å²) in [7, 11) is 0. The van der Waals surface area contributed by atoms with Crippen LogP contribution < -0.4 is 30.7 Å². The highest BCUT2D eigenvalue weighted by atomic mass is 16.2. The number of aryl methyl sites for hydroxylation is 1. The fraction of sp³-hybridized carbons (Fsp3) is 0.366. The molecular weight excluding hydrogens is 651 g/mol. The van der Waals surface area contributed by atoms with E-state index in [1.807, 2.05) is 19.2 Å². The molecule has 3 N–H and O–H groups in total. The van der Waals surface area contributed by atoms with Crippen molar-refractivity contribution in [2.45, 2.75) is 33.1 Å². The van der Waals surface area contributed by atoms with Crippen LogP contribution in [0.15, 0.2) is 84.7 Å². The zero-order chi connectivity index (χ0) is 35.6. The molecule has 5 heterocycles. The molecular formula is C41H47N9O2. The Kier molecular flexibility index (Phi) is 9.51. The molecule has 0 atom stereocenters. The summed E-state index contributed by atoms with van der Waals surface area (Å²) in [5.41, 5.74) is 9.89. The molecule has 0 spiro atoms. The lowest BCUT2D eigenvalue weighted by Crippen LogP contribution is -2.50. The highest BCUT2D eigenvalue weighted by Gasteiger charge is 2.27. The molecule has 3 amide bonds. The fourth-order valence-electron chi connectivity index (χ4n) is 7.90. The van der Waals surface area contributed by atoms with E-state index in [0.717, 1.165) is 85.8 Å². The van der Waals surface area contributed by atoms with Crippen molar-refractivity contribution >= 4 is 57.1 Å². The van der Waals surface area contributed by atoms with Crippen molar-refractivity contribution in [3.05, 3.63) is 95.8 Å². The molecule has 0 radical (unpaired) electrons. The van der Waals surface area contributed by atoms with E-state index in [1.54, 1.807) is 4.90 Å². The van der Waals surface area contributed by atoms with Crippen LogP contribution in [0.1, 0.15) is 37.3 Å². The molecule has 0 unspecified atom stereocenters. The maximum Gasteiger partial charge on any atom is 0.328 e. The van der Waals surface area contributed by atoms with Gasteiger partial charge in [-0.2, -0.15) is 0 Å². The number of hydrogen-bond acceptors (Lipinski definition) is 9. The van der Waals surface area contributed by atoms with Gasteiger partial charge in [0.1, 0.15) is 0 Å². The third kappa shape index (κ3) is 7.32. The maximum atomic E-state index is 12.3. The molecule has 0 aliphatic carbocycles. The van der Waals surface area contributed by atoms with Crippen LogP contribution in [0.3, 0.4) is 0 Å². The number of imide groups is 1. The molecule has 3 saturated heterocycles. The lowest BCUT2D eigenvalue weighted by Gasteiger charge is -2.40. The quantitative estimate of drug-likeness (QED) is 0.203. The first-order chi connectivity index (χ1) is 25.4. The third-order valence-corrected chi connectivity index (χ3v) is 11.0. The van der Waals surface area contributed by atoms with Crippen molar-refractivity contribution in [3.63, 3.8) is 0 Å². The fourth-order valence-corrected chi connectivity index (χ4v) is 7.90. The second kappa shape index (κ2) is 14.7. The van der Waals surface area contributed by atoms with Gasteiger partial charge in [0.25, 0.3) is 0 Å². The Morgan fingerprint density at radius 3 is 2.37 bits per heavy atom. The number of fused-ring (bicyclic) bond motifs is 1. The molecule has 4 aliphatic heterocycles. The van der Waals surface area contributed by atoms with Crippen LogP contribution in [0, 0.1) is 12.8 Å². The number of amides is 3. The average Bonchev–Trinajstić information content (AvgIpc) is 3.16. The van der Waals surface area contributed by atoms with Gasteiger partial charge in [0, 0.05) is 111 Å². The zero-order valence-electron chi connectivity index (χ0n) is 30.1. The summed E-state index contributed by atoms with van der Waals surface area (Å²) in [6, 6.07) is 21.0. The van der Waals surface area contributed by atoms with E-state index in [1.165, 1.54) is 35.4 Å². The Bertz CT molecular complexity index is 2030. The minimum absolute atomic E-state index is 0.208. The molecule has 52 heavy (non-hydrogen) atoms. The summed E-state index contributed by atoms with van der Waals surface area (Å²) in [6.45, 7) is 12.9. The van der Waals surface area contributed by atoms with Crippen LogP contribution in [0.5, 0.6) is 0 Å². The van der Waals surface area contributed by atoms with E-state index in [9.17, 15) is 9.59 Å². The van der Waals surface area contributed by atoms with Gasteiger partial charge in [-0.3, -0.25) is 19.9 Å². The highest BCUT2D eigenvalue weighted by molar-refractivity contribution is 6.06. The summed E-state index contributed by atoms with van der Waals surface area (Å²) >= 11 is 0. The van der Waals surface area contributed by atoms with E-state index in [4.69, 9.17) is 4.98 Å². The Labute approximate surface area is 305 Å². The number of benzene rings is 3. The number of urea groups is 1. The normalized spacial score (nSPS) is 18.9. The standard InChI is InChI=1S/C41H47N9O2/c1-28-11-15-42-26-36(28)31-3-4-32-25-43-40(45-37(32)24-31)44-33-5-7-34(8-6-33)48-16-12-30(13-17-48)27-47-19-21-49(22-20-47)35-9-10-38(29(2)23-35)50-18-14-39(51)46-41(50)52/h3-11,23-26,30,42H,12-22,27H2,1-2H3,(H,43,44,45)(H,46,51,52). The largest absolute Gasteiger partial charge is 0.387 e. The Morgan fingerprint density at radius 2 is 1.62 bits per heavy atom. The lowest BCUT2D eigenvalue weighted by molar-refractivity contribution is -0.120. The van der Waals surface area contributed by atoms with E-state index >= 15 is 0 Å². The van der Waals surface area contributed by atoms with Gasteiger partial charge < -0.3 is 20.4 Å². The summed E-state index contributed by atoms with van der Waals surface area (Å²) in [5.74, 6) is 1.10. The number of rotatable bonds is 8. The summed E-state index contributed by atoms with van der Waals surface area (Å²) in [6.07, 6.45) is 8.91. The van der Waals surface area contributed by atoms with Crippen molar-refractivity contribution in [1.82, 2.24) is 25.5 Å². The number of anilines is 5. The van der Waals surface area contributed by atoms with Gasteiger partial charge in [-0.25, -0.2) is 14.8 Å². The molecule has 3 aromatic carbocycles. The van der Waals surface area contributed by atoms with E-state index in [-0.39, 0.29) is 11.9 Å². The van der Waals surface area contributed by atoms with Gasteiger partial charge in [-0.05, 0) is 97.8 Å². The minimum atomic E-state index is -0.335. The van der Waals surface area contributed by atoms with E-state index < -0.39 is 0 Å². The van der Waals surface area contributed by atoms with E-state index in [2.05, 4.69) is 109 Å². The monoisotopic (exact) mass is 697 g/mol. The van der Waals surface area contributed by atoms with Gasteiger partial charge in [-0.15, -0.1) is 0 Å². The number of piperazine rings is 1. The molecule has 4 aromatic rings. The molecule has 1 aromatic heterocycles. The van der Waals surface area contributed by atoms with Gasteiger partial charge in [0.2, 0.25) is 11.9 Å². The number of nitrogens with zero attached hydrogens (tertiary/aromatic N) is 6. The first-order valence-corrected chi connectivity index (χ1v) is 18.6. The van der Waals surface area contributed by atoms with Crippen molar-refractivity contribution < 1.29 is 9.59 Å². The van der Waals surface area contributed by atoms with Crippen LogP contribution in [-0.4, -0.2) is 85.7 Å². The summed E-state index contributed by atoms with van der Waals surface area (Å²) in [5, 5.41) is 10.2. The van der Waals surface area contributed by atoms with Crippen LogP contribution in [0.2, 0.25) is 0 Å². The predicted molar refractivity (Wildman–Crippen MR) is 209 cm³/mol. The number of dihydropyridines is 1. The van der Waals surface area contributed by atoms with Crippen molar-refractivity contribution in [3.8, 4) is 0 Å². The molecule has 268 valence electrons. The summed E-state index contributed by atoms with van der Waals surface area (Å²) < 4.78 is 0. The number of hydrogen-bond donors (Lipinski definition) is 3. The molecule has 11 heteroatoms. The van der Waals surface area contributed by atoms with Gasteiger partial charge >= 0.3 is 6.03 Å². The van der Waals surface area contributed by atoms with Crippen molar-refractivity contribution in [2.24, 2.45) is 5.92 Å². The molecule has 0 bridgehead atoms. The molecule has 8 rings (SSSR count). The lowest BCUT2D eigenvalue weighted by atomic mass is 9.95. The molecule has 3 fully saturated rings. The first-order valence-electron chi connectivity index (χ1n) is 18.6. The van der Waals surface area contributed by atoms with Crippen molar-refractivity contribution in [1.29, 1.82) is 0 Å². The van der Waals surface area contributed by atoms with Gasteiger partial charge in [0.15, 0.2) is 0 Å². The van der Waals surface area contributed by atoms with Crippen LogP contribution in [-0.2, 0) is 4.79 Å². The molecule has 11 nitrogen and oxygen atoms in total. The third-order valence-electron chi connectivity index (χ3n) is 11.0. The number of aromatic nitrogens is 2. The first kappa shape index (κ1) is 33.7. The number of allylic oxidation sites excluding steroid dienone is 2. The number of piperidine rings is 1. The highest BCUT2D eigenvalue weighted by Crippen LogP contribution is 2.30. The number of nitrogens with one attached hydrogen (secondary N) is 3. The Balaban J connectivity index is 0.802. The SMILES string of the molecule is CC1=CCNC=C1c1ccc2cnc(Nc3ccc(N4CCC(CN5CCN(c6ccc(N7CCC(=O)NC7=O)c(C)c6)CC5)CC4)cc3)nc2c1. The Morgan fingerprint density at radius 1 is 0.846 bits per heavy atom. The summed E-state index contributed by atoms with van der Waals surface area (Å²) in [4.78, 5) is 42.6. The van der Waals surface area contributed by atoms with Gasteiger partial charge in [0.05, 0.1) is 5.52 Å². The molecule has 0 saturated carbocycles. The average molecular weight is 698 g/mol. The van der Waals surface area contributed by atoms with Crippen LogP contribution >= 0.6 is 0 Å². The zero-order valence-corrected chi connectivity index (χ0v) is 30.1. The second-order valence-corrected chi connectivity index (χ2v) is 14.4. The topological polar surface area (TPSA) is 109 Å². The number of carbonyl (C=O) groups excluding carboxylic acids is 2. The smallest absolute Gasteiger partial charge is 0.328 e. The second-order valence-electron chi connectivity index (χ2n) is 14.4.